The molecule has 270 valence electrons. The number of amides is 1. The Morgan fingerprint density at radius 3 is 1.92 bits per heavy atom. The highest BCUT2D eigenvalue weighted by atomic mass is 79.9. The van der Waals surface area contributed by atoms with Crippen LogP contribution in [-0.2, 0) is 33.1 Å². The molecule has 6 nitrogen and oxygen atoms in total. The van der Waals surface area contributed by atoms with Gasteiger partial charge in [-0.05, 0) is 128 Å². The summed E-state index contributed by atoms with van der Waals surface area (Å²) in [5, 5.41) is 0. The Balaban J connectivity index is 1.36. The Hall–Kier alpha value is -2.70. The fourth-order valence-electron chi connectivity index (χ4n) is 8.57. The van der Waals surface area contributed by atoms with Gasteiger partial charge in [0.25, 0.3) is 0 Å². The topological polar surface area (TPSA) is 72.4 Å². The van der Waals surface area contributed by atoms with Gasteiger partial charge in [-0.15, -0.1) is 0 Å². The number of carbonyl (C=O) groups is 2. The summed E-state index contributed by atoms with van der Waals surface area (Å²) >= 11 is 3.34. The molecule has 1 amide bonds. The van der Waals surface area contributed by atoms with E-state index in [9.17, 15) is 35.9 Å². The highest BCUT2D eigenvalue weighted by Gasteiger charge is 2.58. The molecule has 2 saturated carbocycles. The number of benzene rings is 1. The van der Waals surface area contributed by atoms with Gasteiger partial charge in [0, 0.05) is 42.7 Å². The maximum Gasteiger partial charge on any atom is 0.416 e. The molecule has 1 aromatic carbocycles. The Labute approximate surface area is 291 Å². The van der Waals surface area contributed by atoms with Crippen molar-refractivity contribution in [1.29, 1.82) is 0 Å². The smallest absolute Gasteiger partial charge is 0.416 e. The lowest BCUT2D eigenvalue weighted by Gasteiger charge is -2.47. The number of halogens is 7. The zero-order valence-corrected chi connectivity index (χ0v) is 29.6. The van der Waals surface area contributed by atoms with Crippen molar-refractivity contribution in [3.63, 3.8) is 0 Å². The number of hydrogen-bond donors (Lipinski definition) is 0. The van der Waals surface area contributed by atoms with Gasteiger partial charge in [-0.25, -0.2) is 9.97 Å². The largest absolute Gasteiger partial charge is 0.466 e. The third kappa shape index (κ3) is 8.79. The van der Waals surface area contributed by atoms with Gasteiger partial charge in [0.05, 0.1) is 22.2 Å². The fraction of sp³-hybridized carbons (Fsp3) is 0.667. The van der Waals surface area contributed by atoms with Gasteiger partial charge in [-0.1, -0.05) is 13.8 Å². The zero-order chi connectivity index (χ0) is 35.7. The van der Waals surface area contributed by atoms with Gasteiger partial charge in [0.2, 0.25) is 5.91 Å². The molecule has 1 aromatic heterocycles. The lowest BCUT2D eigenvalue weighted by atomic mass is 9.76. The first-order chi connectivity index (χ1) is 23.1. The molecular weight excluding hydrogens is 716 g/mol. The highest BCUT2D eigenvalue weighted by Crippen LogP contribution is 2.61. The minimum absolute atomic E-state index is 0.0120. The Morgan fingerprint density at radius 2 is 1.43 bits per heavy atom. The van der Waals surface area contributed by atoms with E-state index in [4.69, 9.17) is 4.74 Å². The zero-order valence-electron chi connectivity index (χ0n) is 28.0. The third-order valence-electron chi connectivity index (χ3n) is 10.9. The lowest BCUT2D eigenvalue weighted by Crippen LogP contribution is -2.54. The summed E-state index contributed by atoms with van der Waals surface area (Å²) < 4.78 is 87.9. The molecular formula is C36H44BrF6N3O3. The van der Waals surface area contributed by atoms with Gasteiger partial charge in [0.15, 0.2) is 0 Å². The van der Waals surface area contributed by atoms with Crippen molar-refractivity contribution < 1.29 is 40.7 Å². The predicted octanol–water partition coefficient (Wildman–Crippen LogP) is 9.40. The van der Waals surface area contributed by atoms with Gasteiger partial charge >= 0.3 is 18.3 Å². The van der Waals surface area contributed by atoms with E-state index in [0.29, 0.717) is 36.2 Å². The molecule has 2 aliphatic carbocycles. The van der Waals surface area contributed by atoms with Crippen LogP contribution in [0.15, 0.2) is 35.1 Å². The third-order valence-corrected chi connectivity index (χ3v) is 11.3. The number of nitrogens with zero attached hydrogens (tertiary/aromatic N) is 3. The van der Waals surface area contributed by atoms with Crippen molar-refractivity contribution in [1.82, 2.24) is 14.9 Å². The molecule has 0 N–H and O–H groups in total. The summed E-state index contributed by atoms with van der Waals surface area (Å²) in [6.45, 7) is 6.24. The number of rotatable bonds is 10. The van der Waals surface area contributed by atoms with Crippen molar-refractivity contribution >= 4 is 27.8 Å². The maximum absolute atomic E-state index is 14.1. The standard InChI is InChI=1S/C36H44BrF6N3O3/c1-4-27-15-23(16-28(5-2)46(27)34(48)22-9-7-20(8-10-22)14-30(47)49-6-3)31-29(32(31)33-44-18-26(37)19-45-33)13-21-11-24(35(38,39)40)17-25(12-21)36(41,42)43/h11-12,17-20,22-23,27-29,31-32H,4-10,13-16H2,1-3H3/t20?,22?,23?,27-,28?,29?,31?,32?/m1/s1. The molecule has 13 heteroatoms. The van der Waals surface area contributed by atoms with E-state index in [0.717, 1.165) is 50.7 Å². The SMILES string of the molecule is CCOC(=O)CC1CCC(C(=O)N2C(CC)CC(C3C(Cc4cc(C(F)(F)F)cc(C(F)(F)F)c4)C3c3ncc(Br)cn3)C[C@H]2CC)CC1. The van der Waals surface area contributed by atoms with E-state index in [-0.39, 0.29) is 77.5 Å². The van der Waals surface area contributed by atoms with Crippen molar-refractivity contribution in [3.8, 4) is 0 Å². The molecule has 6 atom stereocenters. The molecule has 2 heterocycles. The molecule has 3 fully saturated rings. The number of ether oxygens (including phenoxy) is 1. The van der Waals surface area contributed by atoms with E-state index >= 15 is 0 Å². The summed E-state index contributed by atoms with van der Waals surface area (Å²) in [6.07, 6.45) is -0.336. The van der Waals surface area contributed by atoms with E-state index in [2.05, 4.69) is 44.6 Å². The predicted molar refractivity (Wildman–Crippen MR) is 174 cm³/mol. The van der Waals surface area contributed by atoms with Crippen molar-refractivity contribution in [2.45, 2.75) is 115 Å². The van der Waals surface area contributed by atoms with E-state index in [1.54, 1.807) is 19.3 Å². The number of carbonyl (C=O) groups excluding carboxylic acids is 2. The van der Waals surface area contributed by atoms with Crippen molar-refractivity contribution in [3.05, 3.63) is 57.6 Å². The average Bonchev–Trinajstić information content (AvgIpc) is 3.76. The molecule has 5 unspecified atom stereocenters. The molecule has 2 aromatic rings. The summed E-state index contributed by atoms with van der Waals surface area (Å²) in [6, 6.07) is 1.76. The molecule has 3 aliphatic rings. The minimum atomic E-state index is -4.92. The highest BCUT2D eigenvalue weighted by molar-refractivity contribution is 9.10. The first kappa shape index (κ1) is 37.6. The summed E-state index contributed by atoms with van der Waals surface area (Å²) in [7, 11) is 0. The second kappa shape index (κ2) is 15.3. The van der Waals surface area contributed by atoms with Crippen LogP contribution < -0.4 is 0 Å². The Bertz CT molecular complexity index is 1420. The molecule has 5 rings (SSSR count). The summed E-state index contributed by atoms with van der Waals surface area (Å²) in [5.74, 6) is 0.145. The molecule has 0 radical (unpaired) electrons. The van der Waals surface area contributed by atoms with Gasteiger partial charge < -0.3 is 9.64 Å². The number of hydrogen-bond acceptors (Lipinski definition) is 5. The minimum Gasteiger partial charge on any atom is -0.466 e. The Morgan fingerprint density at radius 1 is 0.878 bits per heavy atom. The summed E-state index contributed by atoms with van der Waals surface area (Å²) in [4.78, 5) is 37.2. The van der Waals surface area contributed by atoms with Crippen LogP contribution in [0.3, 0.4) is 0 Å². The monoisotopic (exact) mass is 759 g/mol. The number of likely N-dealkylation sites (tertiary alicyclic amines) is 1. The number of piperidine rings is 1. The van der Waals surface area contributed by atoms with Crippen molar-refractivity contribution in [2.24, 2.45) is 29.6 Å². The molecule has 0 bridgehead atoms. The second-order valence-corrected chi connectivity index (χ2v) is 14.9. The first-order valence-electron chi connectivity index (χ1n) is 17.4. The van der Waals surface area contributed by atoms with E-state index < -0.39 is 23.5 Å². The molecule has 1 saturated heterocycles. The quantitative estimate of drug-likeness (QED) is 0.178. The van der Waals surface area contributed by atoms with E-state index in [1.807, 2.05) is 0 Å². The average molecular weight is 761 g/mol. The Kier molecular flexibility index (Phi) is 11.7. The number of esters is 1. The van der Waals surface area contributed by atoms with Crippen LogP contribution in [-0.4, -0.2) is 45.4 Å². The lowest BCUT2D eigenvalue weighted by molar-refractivity contribution is -0.147. The second-order valence-electron chi connectivity index (χ2n) is 14.0. The van der Waals surface area contributed by atoms with Gasteiger partial charge in [-0.2, -0.15) is 26.3 Å². The van der Waals surface area contributed by atoms with Gasteiger partial charge in [-0.3, -0.25) is 9.59 Å². The van der Waals surface area contributed by atoms with Crippen molar-refractivity contribution in [2.75, 3.05) is 6.61 Å². The first-order valence-corrected chi connectivity index (χ1v) is 18.2. The van der Waals surface area contributed by atoms with Crippen LogP contribution in [0.25, 0.3) is 0 Å². The number of alkyl halides is 6. The van der Waals surface area contributed by atoms with Crippen LogP contribution in [0, 0.1) is 29.6 Å². The van der Waals surface area contributed by atoms with Crippen LogP contribution >= 0.6 is 15.9 Å². The van der Waals surface area contributed by atoms with Gasteiger partial charge in [0.1, 0.15) is 5.82 Å². The fourth-order valence-corrected chi connectivity index (χ4v) is 8.78. The van der Waals surface area contributed by atoms with Crippen LogP contribution in [0.5, 0.6) is 0 Å². The maximum atomic E-state index is 14.1. The normalized spacial score (nSPS) is 29.1. The molecule has 1 aliphatic heterocycles. The molecule has 49 heavy (non-hydrogen) atoms. The van der Waals surface area contributed by atoms with E-state index in [1.165, 1.54) is 0 Å². The van der Waals surface area contributed by atoms with Crippen LogP contribution in [0.2, 0.25) is 0 Å². The summed E-state index contributed by atoms with van der Waals surface area (Å²) in [5.41, 5.74) is -2.64. The van der Waals surface area contributed by atoms with Crippen LogP contribution in [0.1, 0.15) is 107 Å². The molecule has 0 spiro atoms. The number of aromatic nitrogens is 2. The van der Waals surface area contributed by atoms with Crippen LogP contribution in [0.4, 0.5) is 26.3 Å².